The number of nitroso groups, excluding NO2 is 1. The number of hydrogen-bond acceptors (Lipinski definition) is 8. The first-order chi connectivity index (χ1) is 6.80. The van der Waals surface area contributed by atoms with Crippen molar-refractivity contribution in [2.45, 2.75) is 23.4 Å². The monoisotopic (exact) mass is 279 g/mol. The lowest BCUT2D eigenvalue weighted by atomic mass is 10.1. The molecule has 4 atom stereocenters. The van der Waals surface area contributed by atoms with Crippen LogP contribution in [-0.2, 0) is 4.79 Å². The molecule has 0 unspecified atom stereocenters. The molecule has 0 bridgehead atoms. The normalized spacial score (nSPS) is 21.2. The third kappa shape index (κ3) is 3.52. The first-order valence-corrected chi connectivity index (χ1v) is 5.42. The summed E-state index contributed by atoms with van der Waals surface area (Å²) in [4.78, 5) is 20.5. The van der Waals surface area contributed by atoms with Gasteiger partial charge >= 0.3 is 0 Å². The van der Waals surface area contributed by atoms with E-state index in [4.69, 9.17) is 32.5 Å². The summed E-state index contributed by atoms with van der Waals surface area (Å²) in [6.07, 6.45) is -6.63. The topological polar surface area (TPSA) is 127 Å². The van der Waals surface area contributed by atoms with Crippen molar-refractivity contribution < 1.29 is 25.2 Å². The molecule has 15 heavy (non-hydrogen) atoms. The standard InChI is InChI=1S/C5H7Cl2NO6S/c6-4(12)2(10)1(9)3(11)5(13,8-14)15-7/h1-3,9-11,13H/t1-,2-,3+,5-/m0/s1. The molecule has 0 rings (SSSR count). The zero-order valence-corrected chi connectivity index (χ0v) is 9.28. The Balaban J connectivity index is 4.76. The summed E-state index contributed by atoms with van der Waals surface area (Å²) < 4.78 is 0. The molecule has 0 saturated heterocycles. The van der Waals surface area contributed by atoms with Gasteiger partial charge in [-0.1, -0.05) is 0 Å². The van der Waals surface area contributed by atoms with Gasteiger partial charge in [0.05, 0.1) is 0 Å². The number of aliphatic hydroxyl groups is 4. The van der Waals surface area contributed by atoms with Crippen molar-refractivity contribution >= 4 is 38.5 Å². The minimum absolute atomic E-state index is 0.0891. The van der Waals surface area contributed by atoms with E-state index in [0.717, 1.165) is 0 Å². The van der Waals surface area contributed by atoms with Gasteiger partial charge in [0.1, 0.15) is 12.2 Å². The lowest BCUT2D eigenvalue weighted by molar-refractivity contribution is -0.140. The first kappa shape index (κ1) is 15.0. The molecule has 7 nitrogen and oxygen atoms in total. The van der Waals surface area contributed by atoms with Gasteiger partial charge in [0, 0.05) is 11.0 Å². The molecular formula is C5H7Cl2NO6S. The van der Waals surface area contributed by atoms with Gasteiger partial charge in [-0.3, -0.25) is 4.79 Å². The van der Waals surface area contributed by atoms with Crippen molar-refractivity contribution in [2.75, 3.05) is 0 Å². The summed E-state index contributed by atoms with van der Waals surface area (Å²) >= 11 is 4.81. The van der Waals surface area contributed by atoms with Crippen LogP contribution in [0.3, 0.4) is 0 Å². The average Bonchev–Trinajstić information content (AvgIpc) is 2.24. The van der Waals surface area contributed by atoms with E-state index in [1.165, 1.54) is 0 Å². The van der Waals surface area contributed by atoms with E-state index in [0.29, 0.717) is 0 Å². The van der Waals surface area contributed by atoms with E-state index in [1.54, 1.807) is 0 Å². The lowest BCUT2D eigenvalue weighted by Crippen LogP contribution is -2.51. The van der Waals surface area contributed by atoms with Gasteiger partial charge in [0.2, 0.25) is 0 Å². The first-order valence-electron chi connectivity index (χ1n) is 3.40. The molecule has 0 aliphatic heterocycles. The van der Waals surface area contributed by atoms with E-state index in [2.05, 4.69) is 5.18 Å². The maximum Gasteiger partial charge on any atom is 0.288 e. The number of nitrogens with zero attached hydrogens (tertiary/aromatic N) is 1. The second kappa shape index (κ2) is 5.94. The molecule has 88 valence electrons. The predicted molar refractivity (Wildman–Crippen MR) is 53.1 cm³/mol. The molecule has 0 radical (unpaired) electrons. The molecule has 0 aromatic carbocycles. The Labute approximate surface area is 97.5 Å². The van der Waals surface area contributed by atoms with Crippen molar-refractivity contribution in [2.24, 2.45) is 5.18 Å². The predicted octanol–water partition coefficient (Wildman–Crippen LogP) is -0.866. The number of aliphatic hydroxyl groups excluding tert-OH is 3. The SMILES string of the molecule is O=N[C@@](O)(SCl)[C@H](O)[C@@H](O)[C@H](O)C(=O)Cl. The summed E-state index contributed by atoms with van der Waals surface area (Å²) in [5.41, 5.74) is 0. The second-order valence-corrected chi connectivity index (χ2v) is 4.10. The van der Waals surface area contributed by atoms with Gasteiger partial charge in [-0.25, -0.2) is 0 Å². The van der Waals surface area contributed by atoms with Crippen LogP contribution >= 0.6 is 33.3 Å². The Hall–Kier alpha value is 0.0400. The zero-order chi connectivity index (χ0) is 12.2. The van der Waals surface area contributed by atoms with E-state index in [-0.39, 0.29) is 11.0 Å². The van der Waals surface area contributed by atoms with Gasteiger partial charge < -0.3 is 20.4 Å². The van der Waals surface area contributed by atoms with Crippen LogP contribution in [0.1, 0.15) is 0 Å². The molecule has 0 spiro atoms. The van der Waals surface area contributed by atoms with Crippen molar-refractivity contribution in [3.63, 3.8) is 0 Å². The number of rotatable bonds is 6. The van der Waals surface area contributed by atoms with Gasteiger partial charge in [-0.05, 0) is 27.5 Å². The third-order valence-corrected chi connectivity index (χ3v) is 2.96. The minimum Gasteiger partial charge on any atom is -0.387 e. The fourth-order valence-corrected chi connectivity index (χ4v) is 1.39. The quantitative estimate of drug-likeness (QED) is 0.283. The Morgan fingerprint density at radius 1 is 1.40 bits per heavy atom. The highest BCUT2D eigenvalue weighted by Crippen LogP contribution is 2.33. The van der Waals surface area contributed by atoms with Gasteiger partial charge in [0.15, 0.2) is 6.10 Å². The molecule has 0 amide bonds. The maximum atomic E-state index is 10.4. The van der Waals surface area contributed by atoms with Gasteiger partial charge in [-0.15, -0.1) is 4.91 Å². The highest BCUT2D eigenvalue weighted by atomic mass is 35.7. The lowest BCUT2D eigenvalue weighted by Gasteiger charge is -2.27. The largest absolute Gasteiger partial charge is 0.387 e. The molecule has 0 saturated carbocycles. The fourth-order valence-electron chi connectivity index (χ4n) is 0.643. The van der Waals surface area contributed by atoms with Crippen LogP contribution in [0.5, 0.6) is 0 Å². The molecule has 0 heterocycles. The summed E-state index contributed by atoms with van der Waals surface area (Å²) in [5, 5.41) is 34.3. The summed E-state index contributed by atoms with van der Waals surface area (Å²) in [7, 11) is 4.95. The number of hydrogen-bond donors (Lipinski definition) is 4. The molecular weight excluding hydrogens is 273 g/mol. The molecule has 0 fully saturated rings. The van der Waals surface area contributed by atoms with Gasteiger partial charge in [-0.2, -0.15) is 0 Å². The van der Waals surface area contributed by atoms with E-state index in [9.17, 15) is 19.9 Å². The fraction of sp³-hybridized carbons (Fsp3) is 0.800. The Kier molecular flexibility index (Phi) is 5.96. The molecule has 0 aliphatic rings. The van der Waals surface area contributed by atoms with E-state index < -0.39 is 28.6 Å². The maximum absolute atomic E-state index is 10.4. The average molecular weight is 280 g/mol. The second-order valence-electron chi connectivity index (χ2n) is 2.51. The van der Waals surface area contributed by atoms with Crippen LogP contribution in [-0.4, -0.2) is 49.0 Å². The Bertz CT molecular complexity index is 256. The molecule has 0 aromatic heterocycles. The zero-order valence-electron chi connectivity index (χ0n) is 6.95. The highest BCUT2D eigenvalue weighted by molar-refractivity contribution is 8.22. The third-order valence-electron chi connectivity index (χ3n) is 1.51. The highest BCUT2D eigenvalue weighted by Gasteiger charge is 2.46. The van der Waals surface area contributed by atoms with Crippen LogP contribution in [0.15, 0.2) is 5.18 Å². The summed E-state index contributed by atoms with van der Waals surface area (Å²) in [6, 6.07) is 0. The van der Waals surface area contributed by atoms with E-state index in [1.807, 2.05) is 0 Å². The van der Waals surface area contributed by atoms with Crippen LogP contribution in [0, 0.1) is 4.91 Å². The molecule has 10 heteroatoms. The number of carbonyl (C=O) groups is 1. The van der Waals surface area contributed by atoms with Crippen LogP contribution in [0.4, 0.5) is 0 Å². The number of carbonyl (C=O) groups excluding carboxylic acids is 1. The molecule has 0 aromatic rings. The van der Waals surface area contributed by atoms with Crippen molar-refractivity contribution in [1.29, 1.82) is 0 Å². The minimum atomic E-state index is -2.78. The summed E-state index contributed by atoms with van der Waals surface area (Å²) in [6.45, 7) is 0. The van der Waals surface area contributed by atoms with Crippen LogP contribution < -0.4 is 0 Å². The summed E-state index contributed by atoms with van der Waals surface area (Å²) in [5.74, 6) is 0. The Morgan fingerprint density at radius 3 is 2.13 bits per heavy atom. The van der Waals surface area contributed by atoms with Crippen molar-refractivity contribution in [1.82, 2.24) is 0 Å². The van der Waals surface area contributed by atoms with Crippen LogP contribution in [0.2, 0.25) is 0 Å². The van der Waals surface area contributed by atoms with Gasteiger partial charge in [0.25, 0.3) is 10.3 Å². The Morgan fingerprint density at radius 2 is 1.87 bits per heavy atom. The smallest absolute Gasteiger partial charge is 0.288 e. The molecule has 4 N–H and O–H groups in total. The van der Waals surface area contributed by atoms with Crippen molar-refractivity contribution in [3.8, 4) is 0 Å². The molecule has 0 aliphatic carbocycles. The van der Waals surface area contributed by atoms with Crippen LogP contribution in [0.25, 0.3) is 0 Å². The van der Waals surface area contributed by atoms with Crippen molar-refractivity contribution in [3.05, 3.63) is 4.91 Å². The van der Waals surface area contributed by atoms with E-state index >= 15 is 0 Å². The number of halogens is 2.